The van der Waals surface area contributed by atoms with Gasteiger partial charge >= 0.3 is 0 Å². The lowest BCUT2D eigenvalue weighted by atomic mass is 10.0. The molecule has 0 aliphatic rings. The highest BCUT2D eigenvalue weighted by Crippen LogP contribution is 2.52. The van der Waals surface area contributed by atoms with Gasteiger partial charge in [-0.3, -0.25) is 18.2 Å². The van der Waals surface area contributed by atoms with E-state index in [1.54, 1.807) is 0 Å². The first-order valence-corrected chi connectivity index (χ1v) is 29.7. The first-order chi connectivity index (χ1) is 39.7. The molecular weight excluding hydrogens is 1270 g/mol. The van der Waals surface area contributed by atoms with Gasteiger partial charge in [-0.25, -0.2) is 15.8 Å². The van der Waals surface area contributed by atoms with Crippen molar-refractivity contribution in [2.45, 2.75) is 34.3 Å². The van der Waals surface area contributed by atoms with Crippen LogP contribution in [0, 0.1) is 0 Å². The van der Waals surface area contributed by atoms with Gasteiger partial charge in [-0.1, -0.05) is 27.2 Å². The van der Waals surface area contributed by atoms with E-state index >= 15 is 0 Å². The van der Waals surface area contributed by atoms with Crippen LogP contribution in [0.25, 0.3) is 32.3 Å². The number of rotatable bonds is 22. The second-order valence-electron chi connectivity index (χ2n) is 16.1. The van der Waals surface area contributed by atoms with Crippen molar-refractivity contribution in [1.29, 1.82) is 0 Å². The molecule has 0 unspecified atom stereocenters. The van der Waals surface area contributed by atoms with Crippen LogP contribution in [0.4, 0.5) is 51.2 Å². The molecule has 0 amide bonds. The molecule has 0 aliphatic heterocycles. The van der Waals surface area contributed by atoms with Gasteiger partial charge in [-0.05, 0) is 95.7 Å². The summed E-state index contributed by atoms with van der Waals surface area (Å²) in [6, 6.07) is 17.7. The van der Waals surface area contributed by atoms with Crippen molar-refractivity contribution >= 4 is 160 Å². The van der Waals surface area contributed by atoms with E-state index in [0.717, 1.165) is 24.3 Å². The fourth-order valence-corrected chi connectivity index (χ4v) is 11.7. The zero-order valence-electron chi connectivity index (χ0n) is 40.8. The Bertz CT molecular complexity index is 4580. The second-order valence-corrected chi connectivity index (χ2v) is 23.9. The Balaban J connectivity index is 1.25. The van der Waals surface area contributed by atoms with Gasteiger partial charge < -0.3 is 25.8 Å². The normalized spacial score (nSPS) is 12.9. The summed E-state index contributed by atoms with van der Waals surface area (Å²) in [6.45, 7) is 0. The van der Waals surface area contributed by atoms with Gasteiger partial charge in [0.25, 0.3) is 40.5 Å². The fraction of sp³-hybridized carbons (Fsp3) is 0.0233. The van der Waals surface area contributed by atoms with Crippen LogP contribution in [-0.4, -0.2) is 90.1 Å². The molecule has 0 spiro atoms. The molecule has 41 heteroatoms. The minimum Gasteiger partial charge on any atom is -0.505 e. The standard InChI is InChI=1S/C43H31N9O25S7/c1-71-22-7-9-26(28(16-22)78-75-72-56)47-52-40-34(84(68,69)70)17-24-25(42(40)54)14-21(15-32(24)82(62,63)64)46-51-39-33(83(65,66)67)13-19-12-30(80-77-74-58)38(43(55)35(19)36(39)44)49-45-20-6-8-23-18(10-20)11-29(79-76-73-57)37(41(23)53)50-48-27-4-2-3-5-31(27)81(59,60)61/h2-17,53-58H,44H2,1H3,(H,59,60,61)(H,62,63,64)(H,65,66,67)(H,68,69,70). The zero-order valence-corrected chi connectivity index (χ0v) is 46.6. The number of aromatic hydroxyl groups is 3. The number of phenolic OH excluding ortho intramolecular Hbond substituents is 3. The molecule has 34 nitrogen and oxygen atoms in total. The highest BCUT2D eigenvalue weighted by molar-refractivity contribution is 7.95. The Morgan fingerprint density at radius 1 is 0.429 bits per heavy atom. The number of nitrogens with zero attached hydrogens (tertiary/aromatic N) is 8. The van der Waals surface area contributed by atoms with Gasteiger partial charge in [-0.2, -0.15) is 43.9 Å². The molecular formula is C43H31N9O25S7. The molecule has 0 heterocycles. The van der Waals surface area contributed by atoms with Crippen LogP contribution in [-0.2, 0) is 68.6 Å². The van der Waals surface area contributed by atoms with Crippen LogP contribution < -0.4 is 10.5 Å². The third-order valence-corrected chi connectivity index (χ3v) is 16.5. The van der Waals surface area contributed by atoms with Gasteiger partial charge in [0, 0.05) is 16.2 Å². The molecule has 0 radical (unpaired) electrons. The van der Waals surface area contributed by atoms with E-state index in [-0.39, 0.29) is 71.4 Å². The van der Waals surface area contributed by atoms with E-state index in [4.69, 9.17) is 26.2 Å². The number of hydrogen-bond acceptors (Lipinski definition) is 33. The van der Waals surface area contributed by atoms with Gasteiger partial charge in [0.2, 0.25) is 0 Å². The van der Waals surface area contributed by atoms with Gasteiger partial charge in [0.1, 0.15) is 59.5 Å². The van der Waals surface area contributed by atoms with E-state index in [1.807, 2.05) is 0 Å². The summed E-state index contributed by atoms with van der Waals surface area (Å²) >= 11 is 0.838. The van der Waals surface area contributed by atoms with Crippen molar-refractivity contribution < 1.29 is 116 Å². The van der Waals surface area contributed by atoms with E-state index in [9.17, 15) is 67.2 Å². The third kappa shape index (κ3) is 13.6. The van der Waals surface area contributed by atoms with Crippen LogP contribution in [0.3, 0.4) is 0 Å². The first-order valence-electron chi connectivity index (χ1n) is 21.7. The van der Waals surface area contributed by atoms with Gasteiger partial charge in [0.15, 0.2) is 17.2 Å². The molecule has 0 saturated heterocycles. The first kappa shape index (κ1) is 62.3. The molecule has 0 bridgehead atoms. The Morgan fingerprint density at radius 3 is 1.57 bits per heavy atom. The van der Waals surface area contributed by atoms with Crippen LogP contribution in [0.1, 0.15) is 0 Å². The average molecular weight is 1300 g/mol. The molecule has 0 fully saturated rings. The van der Waals surface area contributed by atoms with Crippen molar-refractivity contribution in [2.75, 3.05) is 12.8 Å². The van der Waals surface area contributed by atoms with Crippen LogP contribution in [0.15, 0.2) is 172 Å². The molecule has 84 heavy (non-hydrogen) atoms. The molecule has 8 aromatic carbocycles. The number of ether oxygens (including phenoxy) is 1. The largest absolute Gasteiger partial charge is 0.505 e. The maximum Gasteiger partial charge on any atom is 0.296 e. The number of phenols is 3. The lowest BCUT2D eigenvalue weighted by Gasteiger charge is -2.14. The number of azo groups is 4. The molecule has 440 valence electrons. The predicted octanol–water partition coefficient (Wildman–Crippen LogP) is 11.8. The Labute approximate surface area is 481 Å². The fourth-order valence-electron chi connectivity index (χ4n) is 7.61. The molecule has 8 aromatic rings. The highest BCUT2D eigenvalue weighted by atomic mass is 32.2. The summed E-state index contributed by atoms with van der Waals surface area (Å²) in [5.74, 6) is -2.54. The summed E-state index contributed by atoms with van der Waals surface area (Å²) in [6.07, 6.45) is 0. The number of nitrogen functional groups attached to an aromatic ring is 1. The average Bonchev–Trinajstić information content (AvgIpc) is 1.92. The van der Waals surface area contributed by atoms with Crippen molar-refractivity contribution in [1.82, 2.24) is 0 Å². The highest BCUT2D eigenvalue weighted by Gasteiger charge is 2.29. The zero-order chi connectivity index (χ0) is 61.1. The molecule has 8 rings (SSSR count). The lowest BCUT2D eigenvalue weighted by Crippen LogP contribution is -2.03. The van der Waals surface area contributed by atoms with Crippen molar-refractivity contribution in [3.05, 3.63) is 97.1 Å². The molecule has 0 atom stereocenters. The quantitative estimate of drug-likeness (QED) is 0.00749. The minimum atomic E-state index is -5.47. The van der Waals surface area contributed by atoms with Gasteiger partial charge in [-0.15, -0.1) is 43.7 Å². The number of anilines is 1. The van der Waals surface area contributed by atoms with E-state index in [1.165, 1.54) is 67.8 Å². The maximum absolute atomic E-state index is 13.0. The molecule has 0 aromatic heterocycles. The minimum absolute atomic E-state index is 0.00172. The topological polar surface area (TPSA) is 528 Å². The molecule has 12 N–H and O–H groups in total. The Hall–Kier alpha value is -7.73. The monoisotopic (exact) mass is 1300 g/mol. The number of fused-ring (bicyclic) bond motifs is 3. The van der Waals surface area contributed by atoms with Gasteiger partial charge in [0.05, 0.1) is 80.4 Å². The van der Waals surface area contributed by atoms with Crippen molar-refractivity contribution in [3.63, 3.8) is 0 Å². The smallest absolute Gasteiger partial charge is 0.296 e. The summed E-state index contributed by atoms with van der Waals surface area (Å²) in [4.78, 5) is -4.59. The maximum atomic E-state index is 13.0. The molecule has 0 saturated carbocycles. The number of hydrogen-bond donors (Lipinski definition) is 11. The summed E-state index contributed by atoms with van der Waals surface area (Å²) < 4.78 is 160. The summed E-state index contributed by atoms with van der Waals surface area (Å²) in [5.41, 5.74) is 1.52. The number of benzene rings is 8. The second kappa shape index (κ2) is 25.2. The number of methoxy groups -OCH3 is 1. The lowest BCUT2D eigenvalue weighted by molar-refractivity contribution is -0.432. The van der Waals surface area contributed by atoms with Crippen molar-refractivity contribution in [2.24, 2.45) is 40.9 Å². The van der Waals surface area contributed by atoms with Crippen LogP contribution in [0.5, 0.6) is 23.0 Å². The third-order valence-electron chi connectivity index (χ3n) is 11.1. The SMILES string of the molecule is COc1ccc(N=Nc2c(S(=O)(=O)O)cc3c(S(=O)(=O)O)cc(N=Nc4c(S(=O)(=O)O)cc5cc(SOOO)c(N=Nc6ccc7c(O)c(N=Nc8ccccc8S(=O)(=O)O)c(SOOO)cc7c6)c(O)c5c4N)cc3c2O)c(SOOO)c1. The predicted molar refractivity (Wildman–Crippen MR) is 289 cm³/mol. The Morgan fingerprint density at radius 2 is 0.952 bits per heavy atom. The van der Waals surface area contributed by atoms with E-state index in [0.29, 0.717) is 36.2 Å². The van der Waals surface area contributed by atoms with E-state index < -0.39 is 122 Å². The number of nitrogens with two attached hydrogens (primary N) is 1. The van der Waals surface area contributed by atoms with Crippen LogP contribution in [0.2, 0.25) is 0 Å². The summed E-state index contributed by atoms with van der Waals surface area (Å²) in [7, 11) is -19.8. The molecule has 0 aliphatic carbocycles. The van der Waals surface area contributed by atoms with E-state index in [2.05, 4.69) is 69.0 Å². The van der Waals surface area contributed by atoms with Crippen molar-refractivity contribution in [3.8, 4) is 23.0 Å². The summed E-state index contributed by atoms with van der Waals surface area (Å²) in [5, 5.41) is 102. The Kier molecular flexibility index (Phi) is 18.7. The van der Waals surface area contributed by atoms with Crippen LogP contribution >= 0.6 is 36.1 Å².